The average Bonchev–Trinajstić information content (AvgIpc) is 2.58. The molecule has 0 aromatic heterocycles. The lowest BCUT2D eigenvalue weighted by atomic mass is 10.1. The van der Waals surface area contributed by atoms with E-state index in [9.17, 15) is 21.6 Å². The Bertz CT molecular complexity index is 855. The molecule has 0 aliphatic carbocycles. The molecule has 7 heteroatoms. The molecule has 2 rings (SSSR count). The molecular formula is C19H20F3NO2S. The lowest BCUT2D eigenvalue weighted by Crippen LogP contribution is -2.32. The molecule has 0 unspecified atom stereocenters. The lowest BCUT2D eigenvalue weighted by molar-refractivity contribution is -0.137. The van der Waals surface area contributed by atoms with Crippen LogP contribution in [-0.2, 0) is 16.2 Å². The maximum absolute atomic E-state index is 12.6. The fraction of sp³-hybridized carbons (Fsp3) is 0.263. The molecule has 3 nitrogen and oxygen atoms in total. The molecule has 0 aliphatic heterocycles. The Hall–Kier alpha value is -2.12. The molecule has 0 bridgehead atoms. The van der Waals surface area contributed by atoms with Crippen LogP contribution in [0, 0.1) is 6.92 Å². The highest BCUT2D eigenvalue weighted by atomic mass is 32.2. The van der Waals surface area contributed by atoms with Gasteiger partial charge in [-0.15, -0.1) is 0 Å². The average molecular weight is 383 g/mol. The number of benzene rings is 2. The standard InChI is InChI=1S/C19H20F3NO2S/c1-3-17(23-26(24,25)18-12-4-14(2)5-13-18)11-8-15-6-9-16(10-7-15)19(20,21)22/h4-13,17,23H,3H2,1-2H3/b11-8+/t17-/m1/s1. The van der Waals surface area contributed by atoms with Gasteiger partial charge in [0.1, 0.15) is 0 Å². The minimum atomic E-state index is -4.38. The van der Waals surface area contributed by atoms with Crippen molar-refractivity contribution in [1.82, 2.24) is 4.72 Å². The molecule has 140 valence electrons. The van der Waals surface area contributed by atoms with Crippen molar-refractivity contribution in [3.05, 3.63) is 71.3 Å². The molecule has 0 fully saturated rings. The topological polar surface area (TPSA) is 46.2 Å². The molecule has 0 saturated carbocycles. The van der Waals surface area contributed by atoms with Gasteiger partial charge in [0.05, 0.1) is 10.5 Å². The first kappa shape index (κ1) is 20.2. The van der Waals surface area contributed by atoms with Crippen molar-refractivity contribution in [2.45, 2.75) is 37.4 Å². The number of aryl methyl sites for hydroxylation is 1. The molecule has 26 heavy (non-hydrogen) atoms. The Kier molecular flexibility index (Phi) is 6.26. The molecule has 0 spiro atoms. The predicted molar refractivity (Wildman–Crippen MR) is 96.1 cm³/mol. The van der Waals surface area contributed by atoms with Crippen molar-refractivity contribution in [3.8, 4) is 0 Å². The molecule has 0 saturated heterocycles. The third-order valence-electron chi connectivity index (χ3n) is 3.84. The summed E-state index contributed by atoms with van der Waals surface area (Å²) in [6.45, 7) is 3.69. The van der Waals surface area contributed by atoms with Gasteiger partial charge < -0.3 is 0 Å². The van der Waals surface area contributed by atoms with Crippen molar-refractivity contribution >= 4 is 16.1 Å². The third-order valence-corrected chi connectivity index (χ3v) is 5.34. The van der Waals surface area contributed by atoms with Crippen LogP contribution in [0.1, 0.15) is 30.0 Å². The zero-order valence-corrected chi connectivity index (χ0v) is 15.2. The number of hydrogen-bond acceptors (Lipinski definition) is 2. The molecular weight excluding hydrogens is 363 g/mol. The van der Waals surface area contributed by atoms with E-state index in [4.69, 9.17) is 0 Å². The highest BCUT2D eigenvalue weighted by Gasteiger charge is 2.29. The number of sulfonamides is 1. The number of rotatable bonds is 6. The summed E-state index contributed by atoms with van der Waals surface area (Å²) < 4.78 is 65.1. The number of halogens is 3. The second kappa shape index (κ2) is 8.05. The maximum Gasteiger partial charge on any atom is 0.416 e. The van der Waals surface area contributed by atoms with Gasteiger partial charge in [-0.3, -0.25) is 0 Å². The summed E-state index contributed by atoms with van der Waals surface area (Å²) in [5, 5.41) is 0. The molecule has 1 N–H and O–H groups in total. The normalized spacial score (nSPS) is 13.9. The smallest absolute Gasteiger partial charge is 0.207 e. The van der Waals surface area contributed by atoms with Crippen molar-refractivity contribution < 1.29 is 21.6 Å². The monoisotopic (exact) mass is 383 g/mol. The summed E-state index contributed by atoms with van der Waals surface area (Å²) in [5.74, 6) is 0. The van der Waals surface area contributed by atoms with Gasteiger partial charge in [0.15, 0.2) is 0 Å². The quantitative estimate of drug-likeness (QED) is 0.780. The van der Waals surface area contributed by atoms with Crippen LogP contribution in [0.4, 0.5) is 13.2 Å². The van der Waals surface area contributed by atoms with Crippen LogP contribution < -0.4 is 4.72 Å². The highest BCUT2D eigenvalue weighted by Crippen LogP contribution is 2.29. The molecule has 2 aromatic rings. The van der Waals surface area contributed by atoms with Crippen LogP contribution in [0.2, 0.25) is 0 Å². The van der Waals surface area contributed by atoms with Gasteiger partial charge in [-0.2, -0.15) is 13.2 Å². The Morgan fingerprint density at radius 2 is 1.62 bits per heavy atom. The van der Waals surface area contributed by atoms with Crippen molar-refractivity contribution in [2.24, 2.45) is 0 Å². The largest absolute Gasteiger partial charge is 0.416 e. The first-order valence-electron chi connectivity index (χ1n) is 8.06. The summed E-state index contributed by atoms with van der Waals surface area (Å²) in [6, 6.07) is 10.7. The zero-order chi connectivity index (χ0) is 19.4. The van der Waals surface area contributed by atoms with E-state index < -0.39 is 27.8 Å². The minimum Gasteiger partial charge on any atom is -0.207 e. The van der Waals surface area contributed by atoms with Gasteiger partial charge in [-0.25, -0.2) is 13.1 Å². The van der Waals surface area contributed by atoms with Gasteiger partial charge >= 0.3 is 6.18 Å². The molecule has 2 aromatic carbocycles. The van der Waals surface area contributed by atoms with Crippen LogP contribution in [0.3, 0.4) is 0 Å². The number of nitrogens with one attached hydrogen (secondary N) is 1. The van der Waals surface area contributed by atoms with E-state index in [1.165, 1.54) is 24.3 Å². The van der Waals surface area contributed by atoms with Crippen LogP contribution in [0.15, 0.2) is 59.5 Å². The van der Waals surface area contributed by atoms with Gasteiger partial charge in [0.25, 0.3) is 0 Å². The lowest BCUT2D eigenvalue weighted by Gasteiger charge is -2.14. The molecule has 0 heterocycles. The second-order valence-corrected chi connectivity index (χ2v) is 7.64. The van der Waals surface area contributed by atoms with Crippen molar-refractivity contribution in [1.29, 1.82) is 0 Å². The van der Waals surface area contributed by atoms with E-state index in [-0.39, 0.29) is 4.90 Å². The molecule has 0 amide bonds. The van der Waals surface area contributed by atoms with E-state index in [0.29, 0.717) is 12.0 Å². The van der Waals surface area contributed by atoms with Crippen LogP contribution >= 0.6 is 0 Å². The summed E-state index contributed by atoms with van der Waals surface area (Å²) in [5.41, 5.74) is 0.797. The van der Waals surface area contributed by atoms with E-state index >= 15 is 0 Å². The summed E-state index contributed by atoms with van der Waals surface area (Å²) in [4.78, 5) is 0.171. The summed E-state index contributed by atoms with van der Waals surface area (Å²) in [7, 11) is -3.67. The van der Waals surface area contributed by atoms with Gasteiger partial charge in [-0.1, -0.05) is 48.9 Å². The van der Waals surface area contributed by atoms with Gasteiger partial charge in [0, 0.05) is 6.04 Å². The summed E-state index contributed by atoms with van der Waals surface area (Å²) in [6.07, 6.45) is -0.638. The first-order valence-corrected chi connectivity index (χ1v) is 9.54. The SMILES string of the molecule is CC[C@H](/C=C/c1ccc(C(F)(F)F)cc1)NS(=O)(=O)c1ccc(C)cc1. The van der Waals surface area contributed by atoms with E-state index in [1.807, 2.05) is 13.8 Å². The fourth-order valence-electron chi connectivity index (χ4n) is 2.25. The molecule has 0 radical (unpaired) electrons. The second-order valence-electron chi connectivity index (χ2n) is 5.93. The predicted octanol–water partition coefficient (Wildman–Crippen LogP) is 4.78. The summed E-state index contributed by atoms with van der Waals surface area (Å²) >= 11 is 0. The molecule has 0 aliphatic rings. The highest BCUT2D eigenvalue weighted by molar-refractivity contribution is 7.89. The Morgan fingerprint density at radius 1 is 1.04 bits per heavy atom. The van der Waals surface area contributed by atoms with Crippen LogP contribution in [0.5, 0.6) is 0 Å². The van der Waals surface area contributed by atoms with Crippen molar-refractivity contribution in [2.75, 3.05) is 0 Å². The van der Waals surface area contributed by atoms with E-state index in [0.717, 1.165) is 17.7 Å². The van der Waals surface area contributed by atoms with Gasteiger partial charge in [-0.05, 0) is 43.2 Å². The Balaban J connectivity index is 2.11. The Morgan fingerprint density at radius 3 is 2.12 bits per heavy atom. The zero-order valence-electron chi connectivity index (χ0n) is 14.4. The third kappa shape index (κ3) is 5.44. The van der Waals surface area contributed by atoms with Crippen LogP contribution in [-0.4, -0.2) is 14.5 Å². The van der Waals surface area contributed by atoms with Crippen molar-refractivity contribution in [3.63, 3.8) is 0 Å². The first-order chi connectivity index (χ1) is 12.1. The Labute approximate surface area is 151 Å². The number of alkyl halides is 3. The van der Waals surface area contributed by atoms with E-state index in [1.54, 1.807) is 24.3 Å². The molecule has 1 atom stereocenters. The minimum absolute atomic E-state index is 0.171. The maximum atomic E-state index is 12.6. The van der Waals surface area contributed by atoms with Gasteiger partial charge in [0.2, 0.25) is 10.0 Å². The number of hydrogen-bond donors (Lipinski definition) is 1. The van der Waals surface area contributed by atoms with Crippen LogP contribution in [0.25, 0.3) is 6.08 Å². The fourth-order valence-corrected chi connectivity index (χ4v) is 3.53. The van der Waals surface area contributed by atoms with E-state index in [2.05, 4.69) is 4.72 Å².